The first-order valence-electron chi connectivity index (χ1n) is 7.56. The van der Waals surface area contributed by atoms with E-state index in [0.717, 1.165) is 18.8 Å². The average molecular weight is 260 g/mol. The zero-order chi connectivity index (χ0) is 13.5. The topological polar surface area (TPSA) is 26.3 Å². The van der Waals surface area contributed by atoms with Crippen molar-refractivity contribution in [1.82, 2.24) is 0 Å². The highest BCUT2D eigenvalue weighted by atomic mass is 16.5. The van der Waals surface area contributed by atoms with Crippen LogP contribution in [0.2, 0.25) is 0 Å². The summed E-state index contributed by atoms with van der Waals surface area (Å²) >= 11 is 0. The molecule has 0 bridgehead atoms. The lowest BCUT2D eigenvalue weighted by Crippen LogP contribution is -2.25. The van der Waals surface area contributed by atoms with E-state index in [1.165, 1.54) is 32.1 Å². The maximum atomic E-state index is 12.1. The van der Waals surface area contributed by atoms with E-state index in [-0.39, 0.29) is 11.9 Å². The minimum absolute atomic E-state index is 0.0415. The second kappa shape index (κ2) is 7.32. The van der Waals surface area contributed by atoms with Gasteiger partial charge in [-0.2, -0.15) is 0 Å². The minimum Gasteiger partial charge on any atom is -0.426 e. The molecule has 0 radical (unpaired) electrons. The van der Waals surface area contributed by atoms with Gasteiger partial charge in [-0.1, -0.05) is 44.4 Å². The highest BCUT2D eigenvalue weighted by Crippen LogP contribution is 2.32. The van der Waals surface area contributed by atoms with Gasteiger partial charge >= 0.3 is 5.97 Å². The van der Waals surface area contributed by atoms with Crippen LogP contribution in [0.4, 0.5) is 0 Å². The lowest BCUT2D eigenvalue weighted by atomic mass is 9.80. The van der Waals surface area contributed by atoms with Crippen LogP contribution in [0.1, 0.15) is 51.9 Å². The molecule has 0 aliphatic heterocycles. The van der Waals surface area contributed by atoms with Gasteiger partial charge in [0.05, 0.1) is 5.92 Å². The lowest BCUT2D eigenvalue weighted by molar-refractivity contribution is -0.140. The zero-order valence-corrected chi connectivity index (χ0v) is 11.8. The molecular formula is C17H24O2. The number of carbonyl (C=O) groups excluding carboxylic acids is 1. The quantitative estimate of drug-likeness (QED) is 0.572. The number of para-hydroxylation sites is 1. The first-order valence-corrected chi connectivity index (χ1v) is 7.56. The van der Waals surface area contributed by atoms with Gasteiger partial charge in [-0.3, -0.25) is 4.79 Å². The largest absolute Gasteiger partial charge is 0.426 e. The van der Waals surface area contributed by atoms with Crippen LogP contribution in [0, 0.1) is 11.8 Å². The van der Waals surface area contributed by atoms with Crippen LogP contribution in [0.25, 0.3) is 0 Å². The van der Waals surface area contributed by atoms with Crippen molar-refractivity contribution in [3.63, 3.8) is 0 Å². The SMILES string of the molecule is CCCC[C@H]1CC[C@H](C(=O)Oc2ccccc2)CC1. The third kappa shape index (κ3) is 4.38. The van der Waals surface area contributed by atoms with Gasteiger partial charge in [0.1, 0.15) is 5.75 Å². The number of benzene rings is 1. The van der Waals surface area contributed by atoms with Crippen molar-refractivity contribution in [1.29, 1.82) is 0 Å². The third-order valence-corrected chi connectivity index (χ3v) is 4.11. The highest BCUT2D eigenvalue weighted by molar-refractivity contribution is 5.75. The minimum atomic E-state index is -0.0415. The predicted octanol–water partition coefficient (Wildman–Crippen LogP) is 4.59. The van der Waals surface area contributed by atoms with Crippen molar-refractivity contribution in [2.45, 2.75) is 51.9 Å². The molecular weight excluding hydrogens is 236 g/mol. The molecule has 0 atom stereocenters. The zero-order valence-electron chi connectivity index (χ0n) is 11.8. The van der Waals surface area contributed by atoms with Crippen LogP contribution in [0.3, 0.4) is 0 Å². The Balaban J connectivity index is 1.76. The van der Waals surface area contributed by atoms with Crippen LogP contribution in [0.5, 0.6) is 5.75 Å². The number of carbonyl (C=O) groups is 1. The fourth-order valence-corrected chi connectivity index (χ4v) is 2.87. The summed E-state index contributed by atoms with van der Waals surface area (Å²) in [7, 11) is 0. The molecule has 1 fully saturated rings. The van der Waals surface area contributed by atoms with E-state index >= 15 is 0 Å². The molecule has 2 rings (SSSR count). The third-order valence-electron chi connectivity index (χ3n) is 4.11. The van der Waals surface area contributed by atoms with E-state index < -0.39 is 0 Å². The molecule has 1 aromatic carbocycles. The van der Waals surface area contributed by atoms with E-state index in [1.54, 1.807) is 0 Å². The molecule has 0 unspecified atom stereocenters. The van der Waals surface area contributed by atoms with Crippen LogP contribution in [-0.4, -0.2) is 5.97 Å². The smallest absolute Gasteiger partial charge is 0.314 e. The Morgan fingerprint density at radius 3 is 2.47 bits per heavy atom. The summed E-state index contributed by atoms with van der Waals surface area (Å²) < 4.78 is 5.43. The Hall–Kier alpha value is -1.31. The van der Waals surface area contributed by atoms with E-state index in [9.17, 15) is 4.79 Å². The van der Waals surface area contributed by atoms with Gasteiger partial charge in [0, 0.05) is 0 Å². The van der Waals surface area contributed by atoms with E-state index in [2.05, 4.69) is 6.92 Å². The van der Waals surface area contributed by atoms with Gasteiger partial charge in [0.2, 0.25) is 0 Å². The average Bonchev–Trinajstić information content (AvgIpc) is 2.46. The van der Waals surface area contributed by atoms with Crippen molar-refractivity contribution in [2.75, 3.05) is 0 Å². The molecule has 2 nitrogen and oxygen atoms in total. The molecule has 0 saturated heterocycles. The number of esters is 1. The Kier molecular flexibility index (Phi) is 5.44. The number of rotatable bonds is 5. The summed E-state index contributed by atoms with van der Waals surface area (Å²) in [5, 5.41) is 0. The van der Waals surface area contributed by atoms with Gasteiger partial charge in [0.25, 0.3) is 0 Å². The van der Waals surface area contributed by atoms with E-state index in [0.29, 0.717) is 5.75 Å². The molecule has 0 spiro atoms. The molecule has 0 aromatic heterocycles. The summed E-state index contributed by atoms with van der Waals surface area (Å²) in [6.45, 7) is 2.24. The number of hydrogen-bond acceptors (Lipinski definition) is 2. The summed E-state index contributed by atoms with van der Waals surface area (Å²) in [6, 6.07) is 9.39. The van der Waals surface area contributed by atoms with Gasteiger partial charge < -0.3 is 4.74 Å². The van der Waals surface area contributed by atoms with Crippen molar-refractivity contribution in [2.24, 2.45) is 11.8 Å². The normalized spacial score (nSPS) is 23.0. The van der Waals surface area contributed by atoms with Crippen LogP contribution >= 0.6 is 0 Å². The molecule has 0 heterocycles. The molecule has 1 aromatic rings. The summed E-state index contributed by atoms with van der Waals surface area (Å²) in [4.78, 5) is 12.1. The van der Waals surface area contributed by atoms with E-state index in [1.807, 2.05) is 30.3 Å². The maximum Gasteiger partial charge on any atom is 0.314 e. The molecule has 1 saturated carbocycles. The monoisotopic (exact) mass is 260 g/mol. The van der Waals surface area contributed by atoms with Gasteiger partial charge in [-0.25, -0.2) is 0 Å². The van der Waals surface area contributed by atoms with Gasteiger partial charge in [0.15, 0.2) is 0 Å². The lowest BCUT2D eigenvalue weighted by Gasteiger charge is -2.27. The Labute approximate surface area is 116 Å². The first kappa shape index (κ1) is 14.1. The van der Waals surface area contributed by atoms with Crippen molar-refractivity contribution < 1.29 is 9.53 Å². The fraction of sp³-hybridized carbons (Fsp3) is 0.588. The Morgan fingerprint density at radius 2 is 1.84 bits per heavy atom. The maximum absolute atomic E-state index is 12.1. The van der Waals surface area contributed by atoms with Crippen LogP contribution in [-0.2, 0) is 4.79 Å². The number of hydrogen-bond donors (Lipinski definition) is 0. The van der Waals surface area contributed by atoms with Crippen molar-refractivity contribution >= 4 is 5.97 Å². The predicted molar refractivity (Wildman–Crippen MR) is 77.1 cm³/mol. The summed E-state index contributed by atoms with van der Waals surface area (Å²) in [5.41, 5.74) is 0. The molecule has 2 heteroatoms. The molecule has 1 aliphatic rings. The molecule has 0 amide bonds. The van der Waals surface area contributed by atoms with Crippen LogP contribution in [0.15, 0.2) is 30.3 Å². The van der Waals surface area contributed by atoms with Gasteiger partial charge in [-0.05, 0) is 43.7 Å². The Bertz CT molecular complexity index is 378. The second-order valence-electron chi connectivity index (χ2n) is 5.59. The fourth-order valence-electron chi connectivity index (χ4n) is 2.87. The Morgan fingerprint density at radius 1 is 1.16 bits per heavy atom. The summed E-state index contributed by atoms with van der Waals surface area (Å²) in [6.07, 6.45) is 8.31. The number of ether oxygens (including phenoxy) is 1. The van der Waals surface area contributed by atoms with Crippen LogP contribution < -0.4 is 4.74 Å². The molecule has 104 valence electrons. The second-order valence-corrected chi connectivity index (χ2v) is 5.59. The standard InChI is InChI=1S/C17H24O2/c1-2-3-7-14-10-12-15(13-11-14)17(18)19-16-8-5-4-6-9-16/h4-6,8-9,14-15H,2-3,7,10-13H2,1H3/t14-,15-. The molecule has 1 aliphatic carbocycles. The van der Waals surface area contributed by atoms with E-state index in [4.69, 9.17) is 4.74 Å². The van der Waals surface area contributed by atoms with Crippen molar-refractivity contribution in [3.05, 3.63) is 30.3 Å². The summed E-state index contributed by atoms with van der Waals surface area (Å²) in [5.74, 6) is 1.57. The molecule has 19 heavy (non-hydrogen) atoms. The molecule has 0 N–H and O–H groups in total. The number of unbranched alkanes of at least 4 members (excludes halogenated alkanes) is 1. The van der Waals surface area contributed by atoms with Gasteiger partial charge in [-0.15, -0.1) is 0 Å². The van der Waals surface area contributed by atoms with Crippen molar-refractivity contribution in [3.8, 4) is 5.75 Å². The highest BCUT2D eigenvalue weighted by Gasteiger charge is 2.27. The first-order chi connectivity index (χ1) is 9.29.